The van der Waals surface area contributed by atoms with Gasteiger partial charge >= 0.3 is 0 Å². The fourth-order valence-corrected chi connectivity index (χ4v) is 4.64. The second kappa shape index (κ2) is 8.46. The lowest BCUT2D eigenvalue weighted by atomic mass is 9.90. The van der Waals surface area contributed by atoms with Gasteiger partial charge in [0.05, 0.1) is 22.9 Å². The third kappa shape index (κ3) is 3.93. The van der Waals surface area contributed by atoms with Crippen molar-refractivity contribution in [3.8, 4) is 5.75 Å². The van der Waals surface area contributed by atoms with Crippen LogP contribution in [0.2, 0.25) is 0 Å². The highest BCUT2D eigenvalue weighted by atomic mass is 19.1. The average molecular weight is 468 g/mol. The van der Waals surface area contributed by atoms with Crippen LogP contribution in [0.3, 0.4) is 0 Å². The quantitative estimate of drug-likeness (QED) is 0.428. The molecule has 1 aliphatic heterocycles. The zero-order chi connectivity index (χ0) is 24.0. The Bertz CT molecular complexity index is 1270. The van der Waals surface area contributed by atoms with Crippen LogP contribution in [0.25, 0.3) is 16.7 Å². The second-order valence-corrected chi connectivity index (χ2v) is 8.95. The summed E-state index contributed by atoms with van der Waals surface area (Å²) in [6.07, 6.45) is 1.05. The summed E-state index contributed by atoms with van der Waals surface area (Å²) in [5.74, 6) is 0.296. The van der Waals surface area contributed by atoms with Crippen LogP contribution in [0, 0.1) is 0 Å². The van der Waals surface area contributed by atoms with Crippen molar-refractivity contribution in [3.63, 3.8) is 0 Å². The van der Waals surface area contributed by atoms with Crippen molar-refractivity contribution < 1.29 is 24.1 Å². The Hall–Kier alpha value is -3.34. The summed E-state index contributed by atoms with van der Waals surface area (Å²) in [5.41, 5.74) is 11.5. The van der Waals surface area contributed by atoms with Crippen molar-refractivity contribution in [2.45, 2.75) is 49.6 Å². The number of nitrogens with zero attached hydrogens (tertiary/aromatic N) is 3. The number of nitrogens with two attached hydrogens (primary N) is 2. The first kappa shape index (κ1) is 22.5. The highest BCUT2D eigenvalue weighted by Gasteiger charge is 2.52. The smallest absolute Gasteiger partial charge is 0.137 e. The van der Waals surface area contributed by atoms with Gasteiger partial charge in [0.25, 0.3) is 0 Å². The number of ether oxygens (including phenoxy) is 2. The van der Waals surface area contributed by atoms with E-state index in [1.165, 1.54) is 19.3 Å². The molecule has 0 amide bonds. The van der Waals surface area contributed by atoms with Gasteiger partial charge in [-0.1, -0.05) is 0 Å². The Balaban J connectivity index is 1.24. The van der Waals surface area contributed by atoms with Crippen LogP contribution in [0.15, 0.2) is 42.7 Å². The first-order valence-corrected chi connectivity index (χ1v) is 11.1. The number of nitrogen functional groups attached to an aromatic ring is 2. The van der Waals surface area contributed by atoms with Crippen LogP contribution in [0.1, 0.15) is 36.9 Å². The molecular formula is C24H26FN5O4. The summed E-state index contributed by atoms with van der Waals surface area (Å²) in [7, 11) is 0. The van der Waals surface area contributed by atoms with Crippen molar-refractivity contribution in [3.05, 3.63) is 54.0 Å². The van der Waals surface area contributed by atoms with Crippen molar-refractivity contribution in [1.82, 2.24) is 15.0 Å². The minimum atomic E-state index is -1.52. The van der Waals surface area contributed by atoms with E-state index in [4.69, 9.17) is 20.9 Å². The minimum absolute atomic E-state index is 0.0267. The predicted octanol–water partition coefficient (Wildman–Crippen LogP) is 2.34. The first-order chi connectivity index (χ1) is 16.2. The maximum absolute atomic E-state index is 14.3. The summed E-state index contributed by atoms with van der Waals surface area (Å²) >= 11 is 0. The number of benzene rings is 1. The van der Waals surface area contributed by atoms with E-state index in [1.807, 2.05) is 12.1 Å². The van der Waals surface area contributed by atoms with E-state index in [0.29, 0.717) is 35.6 Å². The molecule has 1 fully saturated rings. The first-order valence-electron chi connectivity index (χ1n) is 11.1. The number of fused-ring (bicyclic) bond motifs is 2. The van der Waals surface area contributed by atoms with E-state index in [9.17, 15) is 14.6 Å². The molecule has 10 heteroatoms. The van der Waals surface area contributed by atoms with Crippen LogP contribution < -0.4 is 16.2 Å². The molecule has 3 heterocycles. The van der Waals surface area contributed by atoms with Crippen LogP contribution in [0.5, 0.6) is 5.75 Å². The number of hydrogen-bond acceptors (Lipinski definition) is 9. The molecule has 1 aromatic carbocycles. The molecule has 34 heavy (non-hydrogen) atoms. The zero-order valence-electron chi connectivity index (χ0n) is 18.6. The van der Waals surface area contributed by atoms with Gasteiger partial charge in [0.2, 0.25) is 0 Å². The zero-order valence-corrected chi connectivity index (χ0v) is 18.6. The Labute approximate surface area is 195 Å². The molecule has 2 aromatic heterocycles. The number of aliphatic hydroxyl groups is 2. The number of aromatic nitrogens is 3. The van der Waals surface area contributed by atoms with Gasteiger partial charge < -0.3 is 31.2 Å². The highest BCUT2D eigenvalue weighted by Crippen LogP contribution is 2.42. The van der Waals surface area contributed by atoms with Crippen LogP contribution >= 0.6 is 0 Å². The third-order valence-electron chi connectivity index (χ3n) is 6.63. The third-order valence-corrected chi connectivity index (χ3v) is 6.63. The fourth-order valence-electron chi connectivity index (χ4n) is 4.64. The summed E-state index contributed by atoms with van der Waals surface area (Å²) in [5, 5.41) is 22.6. The molecule has 1 unspecified atom stereocenters. The molecule has 1 aliphatic carbocycles. The average Bonchev–Trinajstić information content (AvgIpc) is 3.24. The molecule has 5 atom stereocenters. The fraction of sp³-hybridized carbons (Fsp3) is 0.375. The number of pyridine rings is 1. The number of allylic oxidation sites excluding steroid dienone is 1. The Morgan fingerprint density at radius 1 is 1.18 bits per heavy atom. The van der Waals surface area contributed by atoms with E-state index >= 15 is 0 Å². The maximum Gasteiger partial charge on any atom is 0.137 e. The summed E-state index contributed by atoms with van der Waals surface area (Å²) in [6.45, 7) is 1.55. The molecule has 0 radical (unpaired) electrons. The molecule has 3 aromatic rings. The predicted molar refractivity (Wildman–Crippen MR) is 124 cm³/mol. The van der Waals surface area contributed by atoms with Gasteiger partial charge in [-0.05, 0) is 50.1 Å². The molecule has 2 aliphatic rings. The van der Waals surface area contributed by atoms with Crippen molar-refractivity contribution in [2.75, 3.05) is 18.1 Å². The number of rotatable bonds is 6. The number of hydrogen-bond donors (Lipinski definition) is 4. The van der Waals surface area contributed by atoms with Crippen LogP contribution in [-0.4, -0.2) is 55.7 Å². The molecule has 6 N–H and O–H groups in total. The van der Waals surface area contributed by atoms with Gasteiger partial charge in [-0.2, -0.15) is 0 Å². The van der Waals surface area contributed by atoms with Crippen LogP contribution in [0.4, 0.5) is 16.0 Å². The maximum atomic E-state index is 14.3. The van der Waals surface area contributed by atoms with E-state index in [1.54, 1.807) is 18.2 Å². The lowest BCUT2D eigenvalue weighted by Crippen LogP contribution is -2.47. The van der Waals surface area contributed by atoms with Crippen LogP contribution in [-0.2, 0) is 4.74 Å². The number of anilines is 2. The Kier molecular flexibility index (Phi) is 5.59. The SMILES string of the molecule is C[C@@]1(O)[C@@H](COc2ccc3ccc(N)nc3c2)O[C@@H](CCC2C=C(F)c3c(N)ncnc32)[C@@H]1O. The van der Waals surface area contributed by atoms with Gasteiger partial charge in [-0.3, -0.25) is 0 Å². The Morgan fingerprint density at radius 2 is 1.97 bits per heavy atom. The summed E-state index contributed by atoms with van der Waals surface area (Å²) in [4.78, 5) is 12.3. The van der Waals surface area contributed by atoms with E-state index in [2.05, 4.69) is 15.0 Å². The van der Waals surface area contributed by atoms with E-state index in [0.717, 1.165) is 5.39 Å². The molecule has 0 bridgehead atoms. The topological polar surface area (TPSA) is 150 Å². The number of halogens is 1. The van der Waals surface area contributed by atoms with E-state index < -0.39 is 29.7 Å². The van der Waals surface area contributed by atoms with Gasteiger partial charge in [0, 0.05) is 17.4 Å². The van der Waals surface area contributed by atoms with E-state index in [-0.39, 0.29) is 23.9 Å². The Morgan fingerprint density at radius 3 is 2.79 bits per heavy atom. The molecule has 9 nitrogen and oxygen atoms in total. The molecule has 0 saturated carbocycles. The molecular weight excluding hydrogens is 441 g/mol. The lowest BCUT2D eigenvalue weighted by Gasteiger charge is -2.26. The molecule has 5 rings (SSSR count). The van der Waals surface area contributed by atoms with Gasteiger partial charge in [-0.25, -0.2) is 19.3 Å². The van der Waals surface area contributed by atoms with Crippen molar-refractivity contribution >= 4 is 28.4 Å². The van der Waals surface area contributed by atoms with Gasteiger partial charge in [0.15, 0.2) is 0 Å². The largest absolute Gasteiger partial charge is 0.491 e. The monoisotopic (exact) mass is 467 g/mol. The molecule has 1 saturated heterocycles. The van der Waals surface area contributed by atoms with Crippen molar-refractivity contribution in [2.24, 2.45) is 0 Å². The van der Waals surface area contributed by atoms with Crippen molar-refractivity contribution in [1.29, 1.82) is 0 Å². The highest BCUT2D eigenvalue weighted by molar-refractivity contribution is 5.81. The molecule has 0 spiro atoms. The summed E-state index contributed by atoms with van der Waals surface area (Å²) < 4.78 is 26.2. The van der Waals surface area contributed by atoms with Gasteiger partial charge in [-0.15, -0.1) is 0 Å². The normalized spacial score (nSPS) is 28.2. The summed E-state index contributed by atoms with van der Waals surface area (Å²) in [6, 6.07) is 9.02. The second-order valence-electron chi connectivity index (χ2n) is 8.95. The standard InChI is InChI=1S/C24H26FN5O4/c1-24(32)18(10-33-14-5-2-12-4-7-19(26)30-16(12)9-14)34-17(22(24)31)6-3-13-8-15(25)20-21(13)28-11-29-23(20)27/h2,4-5,7-9,11,13,17-18,22,31-32H,3,6,10H2,1H3,(H2,26,30)(H2,27,28,29)/t13?,17-,18+,22-,24+/m0/s1. The lowest BCUT2D eigenvalue weighted by molar-refractivity contribution is -0.0758. The molecule has 178 valence electrons. The van der Waals surface area contributed by atoms with Gasteiger partial charge in [0.1, 0.15) is 54.0 Å². The minimum Gasteiger partial charge on any atom is -0.491 e. The number of aliphatic hydroxyl groups excluding tert-OH is 1.